The van der Waals surface area contributed by atoms with Crippen molar-refractivity contribution in [2.24, 2.45) is 11.8 Å². The van der Waals surface area contributed by atoms with Gasteiger partial charge < -0.3 is 10.4 Å². The standard InChI is InChI=1S/C16H21NO3/c1-9-6-10(2)14(11(3)7-9)17-15(18)12-4-5-13(8-12)16(19)20/h6-7,12-13H,4-5,8H2,1-3H3,(H,17,18)(H,19,20). The molecular weight excluding hydrogens is 254 g/mol. The van der Waals surface area contributed by atoms with Crippen molar-refractivity contribution in [3.63, 3.8) is 0 Å². The molecule has 2 unspecified atom stereocenters. The van der Waals surface area contributed by atoms with Crippen LogP contribution in [0.3, 0.4) is 0 Å². The van der Waals surface area contributed by atoms with Crippen molar-refractivity contribution in [2.75, 3.05) is 5.32 Å². The number of anilines is 1. The van der Waals surface area contributed by atoms with Crippen molar-refractivity contribution in [3.8, 4) is 0 Å². The van der Waals surface area contributed by atoms with Gasteiger partial charge in [-0.15, -0.1) is 0 Å². The minimum atomic E-state index is -0.789. The Morgan fingerprint density at radius 3 is 2.15 bits per heavy atom. The first-order valence-corrected chi connectivity index (χ1v) is 7.00. The molecule has 2 rings (SSSR count). The molecule has 0 radical (unpaired) electrons. The number of carbonyl (C=O) groups excluding carboxylic acids is 1. The molecule has 1 aliphatic rings. The van der Waals surface area contributed by atoms with Gasteiger partial charge in [0.05, 0.1) is 5.92 Å². The summed E-state index contributed by atoms with van der Waals surface area (Å²) in [6.07, 6.45) is 1.71. The number of nitrogens with one attached hydrogen (secondary N) is 1. The van der Waals surface area contributed by atoms with Crippen molar-refractivity contribution in [2.45, 2.75) is 40.0 Å². The zero-order valence-electron chi connectivity index (χ0n) is 12.2. The van der Waals surface area contributed by atoms with Crippen LogP contribution in [0.1, 0.15) is 36.0 Å². The first kappa shape index (κ1) is 14.6. The maximum absolute atomic E-state index is 12.3. The van der Waals surface area contributed by atoms with Crippen LogP contribution < -0.4 is 5.32 Å². The fourth-order valence-electron chi connectivity index (χ4n) is 3.05. The number of aliphatic carboxylic acids is 1. The Morgan fingerprint density at radius 1 is 1.10 bits per heavy atom. The molecule has 1 saturated carbocycles. The summed E-state index contributed by atoms with van der Waals surface area (Å²) in [5, 5.41) is 12.0. The van der Waals surface area contributed by atoms with Gasteiger partial charge in [-0.3, -0.25) is 9.59 Å². The number of hydrogen-bond acceptors (Lipinski definition) is 2. The molecule has 0 heterocycles. The van der Waals surface area contributed by atoms with Crippen molar-refractivity contribution in [1.29, 1.82) is 0 Å². The van der Waals surface area contributed by atoms with Crippen LogP contribution in [0.2, 0.25) is 0 Å². The van der Waals surface area contributed by atoms with Gasteiger partial charge >= 0.3 is 5.97 Å². The molecule has 1 amide bonds. The highest BCUT2D eigenvalue weighted by Gasteiger charge is 2.34. The number of rotatable bonds is 3. The summed E-state index contributed by atoms with van der Waals surface area (Å²) >= 11 is 0. The Morgan fingerprint density at radius 2 is 1.65 bits per heavy atom. The van der Waals surface area contributed by atoms with E-state index in [1.165, 1.54) is 5.56 Å². The zero-order chi connectivity index (χ0) is 14.9. The molecule has 2 atom stereocenters. The van der Waals surface area contributed by atoms with Crippen molar-refractivity contribution in [3.05, 3.63) is 28.8 Å². The average Bonchev–Trinajstić information content (AvgIpc) is 2.83. The molecule has 4 nitrogen and oxygen atoms in total. The lowest BCUT2D eigenvalue weighted by Gasteiger charge is -2.15. The average molecular weight is 275 g/mol. The normalized spacial score (nSPS) is 21.8. The number of hydrogen-bond donors (Lipinski definition) is 2. The Bertz CT molecular complexity index is 528. The highest BCUT2D eigenvalue weighted by atomic mass is 16.4. The molecule has 0 saturated heterocycles. The number of carbonyl (C=O) groups is 2. The van der Waals surface area contributed by atoms with Gasteiger partial charge in [-0.25, -0.2) is 0 Å². The van der Waals surface area contributed by atoms with Crippen LogP contribution in [-0.4, -0.2) is 17.0 Å². The SMILES string of the molecule is Cc1cc(C)c(NC(=O)C2CCC(C(=O)O)C2)c(C)c1. The Labute approximate surface area is 119 Å². The van der Waals surface area contributed by atoms with Gasteiger partial charge in [0.25, 0.3) is 0 Å². The third-order valence-corrected chi connectivity index (χ3v) is 4.08. The van der Waals surface area contributed by atoms with Gasteiger partial charge in [0.1, 0.15) is 0 Å². The van der Waals surface area contributed by atoms with Crippen LogP contribution in [0.4, 0.5) is 5.69 Å². The second kappa shape index (κ2) is 5.65. The van der Waals surface area contributed by atoms with Gasteiger partial charge in [-0.2, -0.15) is 0 Å². The first-order valence-electron chi connectivity index (χ1n) is 7.00. The molecule has 0 aliphatic heterocycles. The fourth-order valence-corrected chi connectivity index (χ4v) is 3.05. The molecule has 0 spiro atoms. The van der Waals surface area contributed by atoms with Crippen LogP contribution in [0.25, 0.3) is 0 Å². The maximum atomic E-state index is 12.3. The zero-order valence-corrected chi connectivity index (χ0v) is 12.2. The van der Waals surface area contributed by atoms with E-state index in [1.807, 2.05) is 32.9 Å². The van der Waals surface area contributed by atoms with Crippen LogP contribution >= 0.6 is 0 Å². The lowest BCUT2D eigenvalue weighted by Crippen LogP contribution is -2.22. The van der Waals surface area contributed by atoms with Crippen LogP contribution in [0.5, 0.6) is 0 Å². The highest BCUT2D eigenvalue weighted by molar-refractivity contribution is 5.94. The van der Waals surface area contributed by atoms with E-state index >= 15 is 0 Å². The molecule has 1 aliphatic carbocycles. The van der Waals surface area contributed by atoms with E-state index in [0.29, 0.717) is 19.3 Å². The predicted octanol–water partition coefficient (Wildman–Crippen LogP) is 3.05. The Balaban J connectivity index is 2.08. The molecule has 2 N–H and O–H groups in total. The summed E-state index contributed by atoms with van der Waals surface area (Å²) in [6.45, 7) is 5.98. The highest BCUT2D eigenvalue weighted by Crippen LogP contribution is 2.32. The maximum Gasteiger partial charge on any atom is 0.306 e. The molecule has 0 bridgehead atoms. The Kier molecular flexibility index (Phi) is 4.12. The molecular formula is C16H21NO3. The largest absolute Gasteiger partial charge is 0.481 e. The molecule has 108 valence electrons. The second-order valence-corrected chi connectivity index (χ2v) is 5.81. The van der Waals surface area contributed by atoms with Crippen LogP contribution in [0.15, 0.2) is 12.1 Å². The second-order valence-electron chi connectivity index (χ2n) is 5.81. The van der Waals surface area contributed by atoms with Gasteiger partial charge in [-0.1, -0.05) is 17.7 Å². The van der Waals surface area contributed by atoms with Crippen molar-refractivity contribution in [1.82, 2.24) is 0 Å². The number of carboxylic acid groups (broad SMARTS) is 1. The lowest BCUT2D eigenvalue weighted by atomic mass is 10.0. The van der Waals surface area contributed by atoms with E-state index in [4.69, 9.17) is 5.11 Å². The number of aryl methyl sites for hydroxylation is 3. The quantitative estimate of drug-likeness (QED) is 0.891. The number of benzene rings is 1. The molecule has 1 aromatic carbocycles. The summed E-state index contributed by atoms with van der Waals surface area (Å²) < 4.78 is 0. The lowest BCUT2D eigenvalue weighted by molar-refractivity contribution is -0.141. The van der Waals surface area contributed by atoms with Crippen molar-refractivity contribution < 1.29 is 14.7 Å². The van der Waals surface area contributed by atoms with Gasteiger partial charge in [-0.05, 0) is 51.2 Å². The molecule has 1 aromatic rings. The summed E-state index contributed by atoms with van der Waals surface area (Å²) in [7, 11) is 0. The summed E-state index contributed by atoms with van der Waals surface area (Å²) in [5.74, 6) is -1.39. The topological polar surface area (TPSA) is 66.4 Å². The fraction of sp³-hybridized carbons (Fsp3) is 0.500. The van der Waals surface area contributed by atoms with E-state index in [1.54, 1.807) is 0 Å². The summed E-state index contributed by atoms with van der Waals surface area (Å²) in [4.78, 5) is 23.2. The van der Waals surface area contributed by atoms with E-state index in [-0.39, 0.29) is 17.7 Å². The molecule has 4 heteroatoms. The smallest absolute Gasteiger partial charge is 0.306 e. The first-order chi connectivity index (χ1) is 9.38. The van der Waals surface area contributed by atoms with E-state index in [2.05, 4.69) is 5.32 Å². The molecule has 1 fully saturated rings. The summed E-state index contributed by atoms with van der Waals surface area (Å²) in [6, 6.07) is 4.08. The molecule has 0 aromatic heterocycles. The van der Waals surface area contributed by atoms with E-state index in [0.717, 1.165) is 16.8 Å². The third kappa shape index (κ3) is 3.00. The molecule has 20 heavy (non-hydrogen) atoms. The minimum absolute atomic E-state index is 0.0520. The van der Waals surface area contributed by atoms with E-state index < -0.39 is 5.97 Å². The monoisotopic (exact) mass is 275 g/mol. The third-order valence-electron chi connectivity index (χ3n) is 4.08. The van der Waals surface area contributed by atoms with E-state index in [9.17, 15) is 9.59 Å². The van der Waals surface area contributed by atoms with Gasteiger partial charge in [0.2, 0.25) is 5.91 Å². The summed E-state index contributed by atoms with van der Waals surface area (Å²) in [5.41, 5.74) is 4.12. The number of carboxylic acids is 1. The predicted molar refractivity (Wildman–Crippen MR) is 77.7 cm³/mol. The van der Waals surface area contributed by atoms with Crippen molar-refractivity contribution >= 4 is 17.6 Å². The van der Waals surface area contributed by atoms with Gasteiger partial charge in [0.15, 0.2) is 0 Å². The van der Waals surface area contributed by atoms with Crippen LogP contribution in [0, 0.1) is 32.6 Å². The number of amides is 1. The Hall–Kier alpha value is -1.84. The van der Waals surface area contributed by atoms with Crippen LogP contribution in [-0.2, 0) is 9.59 Å². The van der Waals surface area contributed by atoms with Gasteiger partial charge in [0, 0.05) is 11.6 Å². The minimum Gasteiger partial charge on any atom is -0.481 e.